The number of carbonyl (C=O) groups excluding carboxylic acids is 2. The first-order chi connectivity index (χ1) is 15.2. The molecule has 2 amide bonds. The highest BCUT2D eigenvalue weighted by molar-refractivity contribution is 7.99. The fourth-order valence-corrected chi connectivity index (χ4v) is 4.65. The van der Waals surface area contributed by atoms with Crippen molar-refractivity contribution in [1.29, 1.82) is 0 Å². The maximum absolute atomic E-state index is 13.2. The van der Waals surface area contributed by atoms with Gasteiger partial charge in [0.2, 0.25) is 5.91 Å². The third-order valence-electron chi connectivity index (χ3n) is 5.29. The summed E-state index contributed by atoms with van der Waals surface area (Å²) in [6.45, 7) is 0. The zero-order valence-electron chi connectivity index (χ0n) is 16.6. The maximum atomic E-state index is 13.2. The van der Waals surface area contributed by atoms with Crippen LogP contribution in [0.4, 0.5) is 5.69 Å². The smallest absolute Gasteiger partial charge is 0.252 e. The Labute approximate surface area is 183 Å². The molecule has 0 spiro atoms. The molecule has 1 aliphatic rings. The van der Waals surface area contributed by atoms with Crippen molar-refractivity contribution in [3.63, 3.8) is 0 Å². The van der Waals surface area contributed by atoms with E-state index >= 15 is 0 Å². The van der Waals surface area contributed by atoms with Crippen LogP contribution in [-0.4, -0.2) is 27.5 Å². The number of fused-ring (bicyclic) bond motifs is 2. The number of amides is 2. The van der Waals surface area contributed by atoms with Crippen molar-refractivity contribution in [2.45, 2.75) is 17.4 Å². The Morgan fingerprint density at radius 2 is 1.90 bits per heavy atom. The highest BCUT2D eigenvalue weighted by Gasteiger charge is 2.20. The van der Waals surface area contributed by atoms with Crippen molar-refractivity contribution in [2.24, 2.45) is 0 Å². The molecular weight excluding hydrogens is 408 g/mol. The Kier molecular flexibility index (Phi) is 5.18. The minimum Gasteiger partial charge on any atom is -0.345 e. The molecule has 0 unspecified atom stereocenters. The highest BCUT2D eigenvalue weighted by atomic mass is 32.2. The van der Waals surface area contributed by atoms with Gasteiger partial charge in [-0.05, 0) is 41.5 Å². The summed E-state index contributed by atoms with van der Waals surface area (Å²) in [4.78, 5) is 33.5. The second-order valence-corrected chi connectivity index (χ2v) is 8.49. The molecule has 0 saturated heterocycles. The Morgan fingerprint density at radius 1 is 1.03 bits per heavy atom. The number of H-pyrrole nitrogens is 1. The van der Waals surface area contributed by atoms with Crippen LogP contribution < -0.4 is 10.6 Å². The van der Waals surface area contributed by atoms with E-state index in [0.29, 0.717) is 17.7 Å². The van der Waals surface area contributed by atoms with E-state index in [1.54, 1.807) is 30.2 Å². The Hall–Kier alpha value is -3.58. The van der Waals surface area contributed by atoms with E-state index in [4.69, 9.17) is 0 Å². The van der Waals surface area contributed by atoms with Crippen molar-refractivity contribution in [3.05, 3.63) is 89.7 Å². The van der Waals surface area contributed by atoms with Crippen molar-refractivity contribution >= 4 is 40.3 Å². The zero-order valence-corrected chi connectivity index (χ0v) is 17.4. The molecule has 4 aromatic rings. The second kappa shape index (κ2) is 8.28. The van der Waals surface area contributed by atoms with E-state index in [2.05, 4.69) is 20.6 Å². The molecule has 154 valence electrons. The minimum atomic E-state index is -0.329. The van der Waals surface area contributed by atoms with Gasteiger partial charge in [-0.2, -0.15) is 0 Å². The summed E-state index contributed by atoms with van der Waals surface area (Å²) in [5.41, 5.74) is 4.92. The van der Waals surface area contributed by atoms with Crippen LogP contribution in [0, 0.1) is 0 Å². The fourth-order valence-electron chi connectivity index (χ4n) is 3.71. The van der Waals surface area contributed by atoms with Crippen molar-refractivity contribution in [2.75, 3.05) is 11.1 Å². The van der Waals surface area contributed by atoms with Gasteiger partial charge in [0.05, 0.1) is 29.1 Å². The molecule has 0 saturated carbocycles. The summed E-state index contributed by atoms with van der Waals surface area (Å²) in [6, 6.07) is 20.9. The molecule has 0 fully saturated rings. The number of rotatable bonds is 4. The predicted molar refractivity (Wildman–Crippen MR) is 122 cm³/mol. The number of hydrogen-bond donors (Lipinski definition) is 3. The lowest BCUT2D eigenvalue weighted by atomic mass is 9.97. The number of imidazole rings is 1. The van der Waals surface area contributed by atoms with Gasteiger partial charge in [-0.1, -0.05) is 36.4 Å². The second-order valence-electron chi connectivity index (χ2n) is 7.35. The van der Waals surface area contributed by atoms with Crippen molar-refractivity contribution in [3.8, 4) is 0 Å². The Morgan fingerprint density at radius 3 is 2.77 bits per heavy atom. The predicted octanol–water partition coefficient (Wildman–Crippen LogP) is 4.52. The van der Waals surface area contributed by atoms with Gasteiger partial charge in [-0.25, -0.2) is 4.98 Å². The summed E-state index contributed by atoms with van der Waals surface area (Å²) < 4.78 is 0. The van der Waals surface area contributed by atoms with Gasteiger partial charge < -0.3 is 15.6 Å². The van der Waals surface area contributed by atoms with Crippen LogP contribution in [0.15, 0.2) is 78.0 Å². The monoisotopic (exact) mass is 428 g/mol. The molecule has 0 aliphatic carbocycles. The molecule has 3 aromatic carbocycles. The minimum absolute atomic E-state index is 0.0289. The third kappa shape index (κ3) is 4.04. The number of hydrogen-bond acceptors (Lipinski definition) is 4. The molecule has 7 heteroatoms. The van der Waals surface area contributed by atoms with Crippen LogP contribution in [0.25, 0.3) is 11.0 Å². The summed E-state index contributed by atoms with van der Waals surface area (Å²) in [6.07, 6.45) is 2.12. The lowest BCUT2D eigenvalue weighted by Crippen LogP contribution is -2.29. The van der Waals surface area contributed by atoms with Crippen LogP contribution in [-0.2, 0) is 4.79 Å². The van der Waals surface area contributed by atoms with Crippen LogP contribution in [0.3, 0.4) is 0 Å². The Balaban J connectivity index is 1.48. The molecule has 31 heavy (non-hydrogen) atoms. The number of anilines is 1. The quantitative estimate of drug-likeness (QED) is 0.446. The molecule has 5 rings (SSSR count). The molecule has 1 aromatic heterocycles. The summed E-state index contributed by atoms with van der Waals surface area (Å²) in [5, 5.41) is 6.06. The van der Waals surface area contributed by atoms with E-state index in [1.807, 2.05) is 54.6 Å². The van der Waals surface area contributed by atoms with E-state index in [9.17, 15) is 9.59 Å². The molecule has 0 bridgehead atoms. The van der Waals surface area contributed by atoms with E-state index in [-0.39, 0.29) is 17.9 Å². The maximum Gasteiger partial charge on any atom is 0.252 e. The van der Waals surface area contributed by atoms with Crippen LogP contribution >= 0.6 is 11.8 Å². The molecule has 2 heterocycles. The SMILES string of the molecule is O=C1CCSc2ccc(C(=O)N[C@H](c3ccccc3)c3ccc4nc[nH]c4c3)cc2N1. The number of nitrogens with zero attached hydrogens (tertiary/aromatic N) is 1. The van der Waals surface area contributed by atoms with Crippen LogP contribution in [0.1, 0.15) is 33.9 Å². The summed E-state index contributed by atoms with van der Waals surface area (Å²) >= 11 is 1.62. The van der Waals surface area contributed by atoms with Gasteiger partial charge in [0.25, 0.3) is 5.91 Å². The van der Waals surface area contributed by atoms with Gasteiger partial charge in [0, 0.05) is 22.6 Å². The number of carbonyl (C=O) groups is 2. The third-order valence-corrected chi connectivity index (χ3v) is 6.36. The lowest BCUT2D eigenvalue weighted by Gasteiger charge is -2.20. The largest absolute Gasteiger partial charge is 0.345 e. The van der Waals surface area contributed by atoms with Gasteiger partial charge in [-0.15, -0.1) is 11.8 Å². The molecule has 3 N–H and O–H groups in total. The highest BCUT2D eigenvalue weighted by Crippen LogP contribution is 2.32. The zero-order chi connectivity index (χ0) is 21.2. The molecule has 1 atom stereocenters. The Bertz CT molecular complexity index is 1270. The first kappa shape index (κ1) is 19.4. The summed E-state index contributed by atoms with van der Waals surface area (Å²) in [5.74, 6) is 0.500. The average molecular weight is 429 g/mol. The number of thioether (sulfide) groups is 1. The van der Waals surface area contributed by atoms with E-state index in [0.717, 1.165) is 32.8 Å². The molecular formula is C24H20N4O2S. The van der Waals surface area contributed by atoms with E-state index in [1.165, 1.54) is 0 Å². The number of benzene rings is 3. The number of nitrogens with one attached hydrogen (secondary N) is 3. The fraction of sp³-hybridized carbons (Fsp3) is 0.125. The van der Waals surface area contributed by atoms with Gasteiger partial charge in [0.15, 0.2) is 0 Å². The lowest BCUT2D eigenvalue weighted by molar-refractivity contribution is -0.115. The number of aromatic amines is 1. The topological polar surface area (TPSA) is 86.9 Å². The van der Waals surface area contributed by atoms with Crippen molar-refractivity contribution < 1.29 is 9.59 Å². The first-order valence-electron chi connectivity index (χ1n) is 10.0. The number of aromatic nitrogens is 2. The molecule has 1 aliphatic heterocycles. The van der Waals surface area contributed by atoms with Crippen LogP contribution in [0.5, 0.6) is 0 Å². The van der Waals surface area contributed by atoms with Gasteiger partial charge in [-0.3, -0.25) is 9.59 Å². The van der Waals surface area contributed by atoms with Gasteiger partial charge in [0.1, 0.15) is 0 Å². The summed E-state index contributed by atoms with van der Waals surface area (Å²) in [7, 11) is 0. The molecule has 0 radical (unpaired) electrons. The van der Waals surface area contributed by atoms with Gasteiger partial charge >= 0.3 is 0 Å². The van der Waals surface area contributed by atoms with Crippen LogP contribution in [0.2, 0.25) is 0 Å². The molecule has 6 nitrogen and oxygen atoms in total. The average Bonchev–Trinajstić information content (AvgIpc) is 3.18. The standard InChI is InChI=1S/C24H20N4O2S/c29-22-10-11-31-21-9-7-17(13-20(21)27-22)24(30)28-23(15-4-2-1-3-5-15)16-6-8-18-19(12-16)26-14-25-18/h1-9,12-14,23H,10-11H2,(H,25,26)(H,27,29)(H,28,30)/t23-/m1/s1. The van der Waals surface area contributed by atoms with Crippen molar-refractivity contribution in [1.82, 2.24) is 15.3 Å². The first-order valence-corrected chi connectivity index (χ1v) is 11.0. The van der Waals surface area contributed by atoms with E-state index < -0.39 is 0 Å². The normalized spacial score (nSPS) is 14.4.